The summed E-state index contributed by atoms with van der Waals surface area (Å²) in [5.41, 5.74) is 1.25. The summed E-state index contributed by atoms with van der Waals surface area (Å²) in [6.07, 6.45) is 2.83. The van der Waals surface area contributed by atoms with Gasteiger partial charge < -0.3 is 9.47 Å². The van der Waals surface area contributed by atoms with E-state index in [1.54, 1.807) is 12.3 Å². The summed E-state index contributed by atoms with van der Waals surface area (Å²) in [5.74, 6) is 1.72. The van der Waals surface area contributed by atoms with E-state index >= 15 is 0 Å². The highest BCUT2D eigenvalue weighted by Crippen LogP contribution is 2.36. The number of anilines is 1. The van der Waals surface area contributed by atoms with E-state index in [1.165, 1.54) is 0 Å². The summed E-state index contributed by atoms with van der Waals surface area (Å²) in [4.78, 5) is 22.5. The molecule has 0 amide bonds. The lowest BCUT2D eigenvalue weighted by Crippen LogP contribution is -2.47. The van der Waals surface area contributed by atoms with Crippen LogP contribution in [0.4, 0.5) is 5.82 Å². The Hall–Kier alpha value is -1.88. The van der Waals surface area contributed by atoms with Crippen molar-refractivity contribution >= 4 is 17.4 Å². The molecule has 21 heavy (non-hydrogen) atoms. The lowest BCUT2D eigenvalue weighted by atomic mass is 9.83. The average Bonchev–Trinajstić information content (AvgIpc) is 2.48. The number of hydrogen-bond acceptors (Lipinski definition) is 4. The molecule has 0 spiro atoms. The fourth-order valence-corrected chi connectivity index (χ4v) is 3.73. The monoisotopic (exact) mass is 302 g/mol. The lowest BCUT2D eigenvalue weighted by molar-refractivity contribution is 0.280. The van der Waals surface area contributed by atoms with Crippen molar-refractivity contribution in [3.63, 3.8) is 0 Å². The number of halogens is 1. The molecule has 0 radical (unpaired) electrons. The molecule has 0 aliphatic carbocycles. The Labute approximate surface area is 127 Å². The summed E-state index contributed by atoms with van der Waals surface area (Å²) in [6.45, 7) is 2.57. The number of aromatic nitrogens is 3. The minimum absolute atomic E-state index is 0.112. The van der Waals surface area contributed by atoms with E-state index in [0.29, 0.717) is 11.8 Å². The Morgan fingerprint density at radius 2 is 2.10 bits per heavy atom. The normalized spacial score (nSPS) is 23.8. The number of hydrogen-bond donors (Lipinski definition) is 0. The molecule has 0 unspecified atom stereocenters. The molecule has 2 aliphatic heterocycles. The number of rotatable bonds is 1. The molecular weight excluding hydrogens is 288 g/mol. The molecule has 108 valence electrons. The SMILES string of the molecule is O=c1cccc2n1C[C@@H]1C[C@H]2CN(c2ccnc(Cl)n2)C1. The number of fused-ring (bicyclic) bond motifs is 4. The van der Waals surface area contributed by atoms with Crippen LogP contribution in [-0.4, -0.2) is 27.6 Å². The topological polar surface area (TPSA) is 51.0 Å². The fourth-order valence-electron chi connectivity index (χ4n) is 3.59. The van der Waals surface area contributed by atoms with Crippen LogP contribution in [0.15, 0.2) is 35.3 Å². The van der Waals surface area contributed by atoms with Crippen LogP contribution in [0.2, 0.25) is 5.28 Å². The van der Waals surface area contributed by atoms with Crippen LogP contribution >= 0.6 is 11.6 Å². The molecule has 1 saturated heterocycles. The average molecular weight is 303 g/mol. The number of nitrogens with zero attached hydrogens (tertiary/aromatic N) is 4. The van der Waals surface area contributed by atoms with Crippen molar-refractivity contribution in [3.05, 3.63) is 51.8 Å². The van der Waals surface area contributed by atoms with Gasteiger partial charge in [-0.3, -0.25) is 4.79 Å². The van der Waals surface area contributed by atoms with Crippen molar-refractivity contribution < 1.29 is 0 Å². The van der Waals surface area contributed by atoms with E-state index in [4.69, 9.17) is 11.6 Å². The largest absolute Gasteiger partial charge is 0.355 e. The quantitative estimate of drug-likeness (QED) is 0.755. The lowest BCUT2D eigenvalue weighted by Gasteiger charge is -2.43. The Morgan fingerprint density at radius 1 is 1.19 bits per heavy atom. The van der Waals surface area contributed by atoms with Crippen LogP contribution in [0.1, 0.15) is 18.0 Å². The molecule has 6 heteroatoms. The molecule has 0 saturated carbocycles. The highest BCUT2D eigenvalue weighted by molar-refractivity contribution is 6.28. The van der Waals surface area contributed by atoms with E-state index in [1.807, 2.05) is 16.7 Å². The zero-order valence-corrected chi connectivity index (χ0v) is 12.2. The van der Waals surface area contributed by atoms with E-state index < -0.39 is 0 Å². The van der Waals surface area contributed by atoms with Crippen LogP contribution in [0.3, 0.4) is 0 Å². The van der Waals surface area contributed by atoms with Crippen molar-refractivity contribution in [3.8, 4) is 0 Å². The first-order valence-electron chi connectivity index (χ1n) is 7.14. The molecule has 4 rings (SSSR count). The molecule has 2 aromatic rings. The Balaban J connectivity index is 1.70. The molecular formula is C15H15ClN4O. The van der Waals surface area contributed by atoms with Gasteiger partial charge in [-0.25, -0.2) is 9.97 Å². The summed E-state index contributed by atoms with van der Waals surface area (Å²) in [7, 11) is 0. The first-order chi connectivity index (χ1) is 10.2. The van der Waals surface area contributed by atoms with Crippen molar-refractivity contribution in [1.82, 2.24) is 14.5 Å². The van der Waals surface area contributed by atoms with Crippen LogP contribution in [0.5, 0.6) is 0 Å². The predicted molar refractivity (Wildman–Crippen MR) is 80.8 cm³/mol. The van der Waals surface area contributed by atoms with Gasteiger partial charge in [0.1, 0.15) is 5.82 Å². The Bertz CT molecular complexity index is 744. The highest BCUT2D eigenvalue weighted by Gasteiger charge is 2.34. The molecule has 5 nitrogen and oxygen atoms in total. The minimum atomic E-state index is 0.112. The molecule has 4 heterocycles. The van der Waals surface area contributed by atoms with Crippen LogP contribution < -0.4 is 10.5 Å². The maximum Gasteiger partial charge on any atom is 0.250 e. The second-order valence-electron chi connectivity index (χ2n) is 5.79. The van der Waals surface area contributed by atoms with Crippen molar-refractivity contribution in [1.29, 1.82) is 0 Å². The van der Waals surface area contributed by atoms with Gasteiger partial charge in [0.15, 0.2) is 0 Å². The van der Waals surface area contributed by atoms with Gasteiger partial charge in [0.25, 0.3) is 5.56 Å². The zero-order valence-electron chi connectivity index (χ0n) is 11.4. The predicted octanol–water partition coefficient (Wildman–Crippen LogP) is 1.92. The van der Waals surface area contributed by atoms with E-state index in [2.05, 4.69) is 20.9 Å². The third-order valence-corrected chi connectivity index (χ3v) is 4.60. The summed E-state index contributed by atoms with van der Waals surface area (Å²) in [5, 5.41) is 0.278. The van der Waals surface area contributed by atoms with Gasteiger partial charge in [-0.15, -0.1) is 0 Å². The molecule has 0 N–H and O–H groups in total. The first-order valence-corrected chi connectivity index (χ1v) is 7.52. The zero-order chi connectivity index (χ0) is 14.4. The van der Waals surface area contributed by atoms with Crippen molar-refractivity contribution in [2.45, 2.75) is 18.9 Å². The van der Waals surface area contributed by atoms with Gasteiger partial charge in [-0.05, 0) is 36.1 Å². The highest BCUT2D eigenvalue weighted by atomic mass is 35.5. The maximum atomic E-state index is 12.0. The van der Waals surface area contributed by atoms with E-state index in [0.717, 1.165) is 37.6 Å². The Kier molecular flexibility index (Phi) is 2.96. The summed E-state index contributed by atoms with van der Waals surface area (Å²) < 4.78 is 1.93. The maximum absolute atomic E-state index is 12.0. The van der Waals surface area contributed by atoms with Gasteiger partial charge in [-0.1, -0.05) is 6.07 Å². The van der Waals surface area contributed by atoms with Gasteiger partial charge >= 0.3 is 0 Å². The smallest absolute Gasteiger partial charge is 0.250 e. The van der Waals surface area contributed by atoms with E-state index in [9.17, 15) is 4.79 Å². The number of piperidine rings is 1. The molecule has 2 aliphatic rings. The Morgan fingerprint density at radius 3 is 2.95 bits per heavy atom. The van der Waals surface area contributed by atoms with Gasteiger partial charge in [0, 0.05) is 43.5 Å². The molecule has 2 aromatic heterocycles. The van der Waals surface area contributed by atoms with Crippen molar-refractivity contribution in [2.24, 2.45) is 5.92 Å². The standard InChI is InChI=1S/C15H15ClN4O/c16-15-17-5-4-13(18-15)19-7-10-6-11(9-19)12-2-1-3-14(21)20(12)8-10/h1-5,10-11H,6-9H2/t10-,11+/m1/s1. The van der Waals surface area contributed by atoms with Gasteiger partial charge in [0.05, 0.1) is 0 Å². The minimum Gasteiger partial charge on any atom is -0.355 e. The second-order valence-corrected chi connectivity index (χ2v) is 6.13. The van der Waals surface area contributed by atoms with Crippen LogP contribution in [-0.2, 0) is 6.54 Å². The third kappa shape index (κ3) is 2.21. The summed E-state index contributed by atoms with van der Waals surface area (Å²) >= 11 is 5.89. The van der Waals surface area contributed by atoms with Gasteiger partial charge in [0.2, 0.25) is 5.28 Å². The molecule has 2 bridgehead atoms. The third-order valence-electron chi connectivity index (χ3n) is 4.42. The second kappa shape index (κ2) is 4.84. The first kappa shape index (κ1) is 12.8. The number of pyridine rings is 1. The van der Waals surface area contributed by atoms with Gasteiger partial charge in [-0.2, -0.15) is 0 Å². The molecule has 0 aromatic carbocycles. The molecule has 2 atom stereocenters. The van der Waals surface area contributed by atoms with Crippen LogP contribution in [0, 0.1) is 5.92 Å². The van der Waals surface area contributed by atoms with E-state index in [-0.39, 0.29) is 10.8 Å². The van der Waals surface area contributed by atoms with Crippen LogP contribution in [0.25, 0.3) is 0 Å². The van der Waals surface area contributed by atoms with Crippen molar-refractivity contribution in [2.75, 3.05) is 18.0 Å². The molecule has 1 fully saturated rings. The fraction of sp³-hybridized carbons (Fsp3) is 0.400. The summed E-state index contributed by atoms with van der Waals surface area (Å²) in [6, 6.07) is 7.46.